The van der Waals surface area contributed by atoms with Crippen LogP contribution < -0.4 is 10.0 Å². The lowest BCUT2D eigenvalue weighted by atomic mass is 10.4. The van der Waals surface area contributed by atoms with Crippen LogP contribution in [0.25, 0.3) is 0 Å². The summed E-state index contributed by atoms with van der Waals surface area (Å²) in [5.41, 5.74) is 0. The second-order valence-electron chi connectivity index (χ2n) is 3.72. The Morgan fingerprint density at radius 1 is 1.25 bits per heavy atom. The minimum absolute atomic E-state index is 0.228. The topological polar surface area (TPSA) is 58.2 Å². The third kappa shape index (κ3) is 10.2. The monoisotopic (exact) mass is 262 g/mol. The van der Waals surface area contributed by atoms with Gasteiger partial charge in [-0.1, -0.05) is 13.8 Å². The summed E-state index contributed by atoms with van der Waals surface area (Å²) in [4.78, 5) is 0. The van der Waals surface area contributed by atoms with Crippen LogP contribution in [-0.2, 0) is 10.0 Å². The Morgan fingerprint density at radius 2 is 1.81 bits per heavy atom. The zero-order valence-corrected chi connectivity index (χ0v) is 10.1. The fourth-order valence-corrected chi connectivity index (χ4v) is 1.97. The molecule has 0 radical (unpaired) electrons. The van der Waals surface area contributed by atoms with E-state index in [4.69, 9.17) is 0 Å². The van der Waals surface area contributed by atoms with Crippen LogP contribution in [0.4, 0.5) is 13.2 Å². The maximum atomic E-state index is 11.7. The molecule has 0 aromatic heterocycles. The summed E-state index contributed by atoms with van der Waals surface area (Å²) in [7, 11) is -3.82. The third-order valence-corrected chi connectivity index (χ3v) is 3.05. The summed E-state index contributed by atoms with van der Waals surface area (Å²) >= 11 is 0. The largest absolute Gasteiger partial charge is 0.402 e. The minimum Gasteiger partial charge on any atom is -0.314 e. The molecule has 0 rings (SSSR count). The van der Waals surface area contributed by atoms with Crippen LogP contribution in [0, 0.1) is 0 Å². The molecule has 0 amide bonds. The number of sulfonamides is 1. The van der Waals surface area contributed by atoms with E-state index in [1.165, 1.54) is 4.72 Å². The highest BCUT2D eigenvalue weighted by Gasteiger charge is 2.29. The van der Waals surface area contributed by atoms with Gasteiger partial charge in [-0.05, 0) is 13.0 Å². The van der Waals surface area contributed by atoms with Gasteiger partial charge in [0.15, 0.2) is 0 Å². The van der Waals surface area contributed by atoms with Crippen molar-refractivity contribution in [1.29, 1.82) is 0 Å². The van der Waals surface area contributed by atoms with Crippen LogP contribution in [0.5, 0.6) is 0 Å². The normalized spacial score (nSPS) is 13.4. The van der Waals surface area contributed by atoms with Crippen molar-refractivity contribution in [1.82, 2.24) is 10.0 Å². The summed E-state index contributed by atoms with van der Waals surface area (Å²) in [5.74, 6) is -0.303. The second kappa shape index (κ2) is 6.41. The van der Waals surface area contributed by atoms with Gasteiger partial charge in [0.2, 0.25) is 10.0 Å². The molecular formula is C8H17F3N2O2S. The summed E-state index contributed by atoms with van der Waals surface area (Å²) in [6.07, 6.45) is -4.23. The molecule has 0 atom stereocenters. The molecule has 0 unspecified atom stereocenters. The molecule has 98 valence electrons. The molecule has 0 spiro atoms. The fourth-order valence-electron chi connectivity index (χ4n) is 0.917. The summed E-state index contributed by atoms with van der Waals surface area (Å²) in [5, 5.41) is 2.98. The molecule has 0 aliphatic carbocycles. The molecule has 0 aliphatic heterocycles. The van der Waals surface area contributed by atoms with Crippen molar-refractivity contribution in [3.63, 3.8) is 0 Å². The highest BCUT2D eigenvalue weighted by Crippen LogP contribution is 2.12. The first-order valence-corrected chi connectivity index (χ1v) is 6.55. The van der Waals surface area contributed by atoms with E-state index in [1.54, 1.807) is 0 Å². The Morgan fingerprint density at radius 3 is 2.25 bits per heavy atom. The average Bonchev–Trinajstić information content (AvgIpc) is 2.08. The summed E-state index contributed by atoms with van der Waals surface area (Å²) in [6, 6.07) is 0.228. The molecule has 0 saturated heterocycles. The Labute approximate surface area is 93.7 Å². The first-order chi connectivity index (χ1) is 7.12. The zero-order chi connectivity index (χ0) is 12.8. The SMILES string of the molecule is CC(C)NCCCS(=O)(=O)NCC(F)(F)F. The highest BCUT2D eigenvalue weighted by molar-refractivity contribution is 7.89. The summed E-state index contributed by atoms with van der Waals surface area (Å²) in [6.45, 7) is 2.75. The molecule has 0 aliphatic rings. The second-order valence-corrected chi connectivity index (χ2v) is 5.64. The molecule has 2 N–H and O–H groups in total. The number of halogens is 3. The van der Waals surface area contributed by atoms with Crippen LogP contribution in [0.15, 0.2) is 0 Å². The van der Waals surface area contributed by atoms with Gasteiger partial charge in [0.25, 0.3) is 0 Å². The third-order valence-electron chi connectivity index (χ3n) is 1.63. The Balaban J connectivity index is 3.80. The van der Waals surface area contributed by atoms with Crippen molar-refractivity contribution in [2.45, 2.75) is 32.5 Å². The van der Waals surface area contributed by atoms with Gasteiger partial charge >= 0.3 is 6.18 Å². The Hall–Kier alpha value is -0.340. The van der Waals surface area contributed by atoms with Crippen molar-refractivity contribution < 1.29 is 21.6 Å². The molecule has 0 heterocycles. The molecule has 16 heavy (non-hydrogen) atoms. The van der Waals surface area contributed by atoms with Gasteiger partial charge in [-0.25, -0.2) is 13.1 Å². The van der Waals surface area contributed by atoms with E-state index in [2.05, 4.69) is 5.32 Å². The van der Waals surface area contributed by atoms with E-state index < -0.39 is 22.7 Å². The molecule has 0 fully saturated rings. The molecule has 0 aromatic carbocycles. The van der Waals surface area contributed by atoms with Crippen molar-refractivity contribution in [2.24, 2.45) is 0 Å². The lowest BCUT2D eigenvalue weighted by Crippen LogP contribution is -2.36. The Kier molecular flexibility index (Phi) is 6.27. The predicted octanol–water partition coefficient (Wildman–Crippen LogP) is 0.856. The number of nitrogens with one attached hydrogen (secondary N) is 2. The Bertz CT molecular complexity index is 288. The van der Waals surface area contributed by atoms with E-state index >= 15 is 0 Å². The standard InChI is InChI=1S/C8H17F3N2O2S/c1-7(2)12-4-3-5-16(14,15)13-6-8(9,10)11/h7,12-13H,3-6H2,1-2H3. The van der Waals surface area contributed by atoms with Gasteiger partial charge in [-0.2, -0.15) is 13.2 Å². The van der Waals surface area contributed by atoms with E-state index in [0.29, 0.717) is 6.54 Å². The van der Waals surface area contributed by atoms with Gasteiger partial charge in [-0.15, -0.1) is 0 Å². The smallest absolute Gasteiger partial charge is 0.314 e. The van der Waals surface area contributed by atoms with E-state index in [9.17, 15) is 21.6 Å². The van der Waals surface area contributed by atoms with Crippen LogP contribution in [0.2, 0.25) is 0 Å². The highest BCUT2D eigenvalue weighted by atomic mass is 32.2. The molecule has 0 aromatic rings. The molecule has 0 saturated carbocycles. The lowest BCUT2D eigenvalue weighted by Gasteiger charge is -2.10. The van der Waals surface area contributed by atoms with Crippen LogP contribution in [0.1, 0.15) is 20.3 Å². The van der Waals surface area contributed by atoms with Crippen LogP contribution in [-0.4, -0.2) is 39.5 Å². The molecule has 0 bridgehead atoms. The predicted molar refractivity (Wildman–Crippen MR) is 55.6 cm³/mol. The van der Waals surface area contributed by atoms with E-state index in [1.807, 2.05) is 13.8 Å². The lowest BCUT2D eigenvalue weighted by molar-refractivity contribution is -0.121. The van der Waals surface area contributed by atoms with Gasteiger partial charge < -0.3 is 5.32 Å². The average molecular weight is 262 g/mol. The van der Waals surface area contributed by atoms with Gasteiger partial charge in [0.05, 0.1) is 5.75 Å². The van der Waals surface area contributed by atoms with Crippen molar-refractivity contribution >= 4 is 10.0 Å². The summed E-state index contributed by atoms with van der Waals surface area (Å²) < 4.78 is 58.9. The minimum atomic E-state index is -4.51. The van der Waals surface area contributed by atoms with Crippen molar-refractivity contribution in [3.8, 4) is 0 Å². The molecule has 8 heteroatoms. The van der Waals surface area contributed by atoms with E-state index in [0.717, 1.165) is 0 Å². The number of alkyl halides is 3. The maximum absolute atomic E-state index is 11.7. The molecular weight excluding hydrogens is 245 g/mol. The first-order valence-electron chi connectivity index (χ1n) is 4.90. The van der Waals surface area contributed by atoms with Gasteiger partial charge in [0, 0.05) is 6.04 Å². The maximum Gasteiger partial charge on any atom is 0.402 e. The number of hydrogen-bond acceptors (Lipinski definition) is 3. The number of hydrogen-bond donors (Lipinski definition) is 2. The molecule has 4 nitrogen and oxygen atoms in total. The van der Waals surface area contributed by atoms with Crippen molar-refractivity contribution in [3.05, 3.63) is 0 Å². The van der Waals surface area contributed by atoms with Crippen LogP contribution >= 0.6 is 0 Å². The number of rotatable bonds is 7. The quantitative estimate of drug-likeness (QED) is 0.669. The van der Waals surface area contributed by atoms with Gasteiger partial charge in [-0.3, -0.25) is 0 Å². The van der Waals surface area contributed by atoms with Crippen molar-refractivity contribution in [2.75, 3.05) is 18.8 Å². The van der Waals surface area contributed by atoms with Crippen LogP contribution in [0.3, 0.4) is 0 Å². The zero-order valence-electron chi connectivity index (χ0n) is 9.26. The first kappa shape index (κ1) is 15.7. The fraction of sp³-hybridized carbons (Fsp3) is 1.00. The van der Waals surface area contributed by atoms with Gasteiger partial charge in [0.1, 0.15) is 6.54 Å². The van der Waals surface area contributed by atoms with E-state index in [-0.39, 0.29) is 18.2 Å².